The summed E-state index contributed by atoms with van der Waals surface area (Å²) in [5.74, 6) is 0.857. The number of benzene rings is 1. The number of anilines is 1. The lowest BCUT2D eigenvalue weighted by Gasteiger charge is -2.10. The predicted molar refractivity (Wildman–Crippen MR) is 57.4 cm³/mol. The van der Waals surface area contributed by atoms with E-state index in [1.807, 2.05) is 32.0 Å². The van der Waals surface area contributed by atoms with E-state index in [2.05, 4.69) is 0 Å². The van der Waals surface area contributed by atoms with E-state index in [0.29, 0.717) is 19.8 Å². The lowest BCUT2D eigenvalue weighted by molar-refractivity contribution is 0.131. The highest BCUT2D eigenvalue weighted by Gasteiger charge is 2.03. The van der Waals surface area contributed by atoms with Crippen molar-refractivity contribution < 1.29 is 9.47 Å². The van der Waals surface area contributed by atoms with E-state index in [4.69, 9.17) is 15.2 Å². The zero-order valence-corrected chi connectivity index (χ0v) is 8.75. The standard InChI is InChI=1S/C11H17NO2/c1-3-13-8-9-7-10(12)5-6-11(9)14-4-2/h5-7H,3-4,8,12H2,1-2H3. The van der Waals surface area contributed by atoms with E-state index >= 15 is 0 Å². The second-order valence-electron chi connectivity index (χ2n) is 2.94. The maximum absolute atomic E-state index is 5.68. The fourth-order valence-corrected chi connectivity index (χ4v) is 1.22. The first kappa shape index (κ1) is 10.9. The molecule has 0 radical (unpaired) electrons. The molecular formula is C11H17NO2. The lowest BCUT2D eigenvalue weighted by atomic mass is 10.2. The van der Waals surface area contributed by atoms with Crippen LogP contribution in [0.4, 0.5) is 5.69 Å². The molecule has 0 bridgehead atoms. The third-order valence-corrected chi connectivity index (χ3v) is 1.85. The van der Waals surface area contributed by atoms with Gasteiger partial charge in [0.25, 0.3) is 0 Å². The number of rotatable bonds is 5. The van der Waals surface area contributed by atoms with Crippen molar-refractivity contribution in [2.24, 2.45) is 0 Å². The number of hydrogen-bond donors (Lipinski definition) is 1. The zero-order chi connectivity index (χ0) is 10.4. The molecule has 14 heavy (non-hydrogen) atoms. The Bertz CT molecular complexity index is 287. The van der Waals surface area contributed by atoms with Gasteiger partial charge in [-0.25, -0.2) is 0 Å². The van der Waals surface area contributed by atoms with Gasteiger partial charge in [-0.1, -0.05) is 0 Å². The Morgan fingerprint density at radius 3 is 2.64 bits per heavy atom. The number of nitrogens with two attached hydrogens (primary N) is 1. The Kier molecular flexibility index (Phi) is 4.26. The van der Waals surface area contributed by atoms with Crippen LogP contribution < -0.4 is 10.5 Å². The van der Waals surface area contributed by atoms with E-state index in [9.17, 15) is 0 Å². The molecule has 2 N–H and O–H groups in total. The van der Waals surface area contributed by atoms with Gasteiger partial charge in [-0.3, -0.25) is 0 Å². The number of hydrogen-bond acceptors (Lipinski definition) is 3. The highest BCUT2D eigenvalue weighted by atomic mass is 16.5. The molecule has 0 saturated carbocycles. The van der Waals surface area contributed by atoms with Gasteiger partial charge in [-0.05, 0) is 32.0 Å². The topological polar surface area (TPSA) is 44.5 Å². The summed E-state index contributed by atoms with van der Waals surface area (Å²) in [6, 6.07) is 5.61. The summed E-state index contributed by atoms with van der Waals surface area (Å²) in [4.78, 5) is 0. The van der Waals surface area contributed by atoms with E-state index in [-0.39, 0.29) is 0 Å². The molecule has 3 heteroatoms. The highest BCUT2D eigenvalue weighted by molar-refractivity contribution is 5.47. The minimum Gasteiger partial charge on any atom is -0.494 e. The molecule has 0 spiro atoms. The summed E-state index contributed by atoms with van der Waals surface area (Å²) < 4.78 is 10.8. The van der Waals surface area contributed by atoms with Gasteiger partial charge in [0, 0.05) is 17.9 Å². The van der Waals surface area contributed by atoms with Gasteiger partial charge in [0.15, 0.2) is 0 Å². The molecule has 1 rings (SSSR count). The summed E-state index contributed by atoms with van der Waals surface area (Å²) in [5, 5.41) is 0. The van der Waals surface area contributed by atoms with Crippen molar-refractivity contribution in [1.82, 2.24) is 0 Å². The summed E-state index contributed by atoms with van der Waals surface area (Å²) in [5.41, 5.74) is 7.43. The molecule has 0 aromatic heterocycles. The van der Waals surface area contributed by atoms with Gasteiger partial charge in [0.2, 0.25) is 0 Å². The van der Waals surface area contributed by atoms with Crippen LogP contribution in [0.5, 0.6) is 5.75 Å². The van der Waals surface area contributed by atoms with E-state index in [1.54, 1.807) is 0 Å². The van der Waals surface area contributed by atoms with Crippen LogP contribution in [0.2, 0.25) is 0 Å². The van der Waals surface area contributed by atoms with Crippen molar-refractivity contribution in [2.75, 3.05) is 18.9 Å². The van der Waals surface area contributed by atoms with Gasteiger partial charge < -0.3 is 15.2 Å². The van der Waals surface area contributed by atoms with Crippen LogP contribution >= 0.6 is 0 Å². The van der Waals surface area contributed by atoms with Crippen LogP contribution in [0.3, 0.4) is 0 Å². The van der Waals surface area contributed by atoms with Gasteiger partial charge >= 0.3 is 0 Å². The Labute approximate surface area is 84.8 Å². The van der Waals surface area contributed by atoms with Crippen molar-refractivity contribution in [1.29, 1.82) is 0 Å². The van der Waals surface area contributed by atoms with E-state index in [1.165, 1.54) is 0 Å². The zero-order valence-electron chi connectivity index (χ0n) is 8.75. The SMILES string of the molecule is CCOCc1cc(N)ccc1OCC. The second kappa shape index (κ2) is 5.50. The molecular weight excluding hydrogens is 178 g/mol. The molecule has 0 saturated heterocycles. The Balaban J connectivity index is 2.79. The maximum Gasteiger partial charge on any atom is 0.124 e. The van der Waals surface area contributed by atoms with Crippen molar-refractivity contribution in [3.8, 4) is 5.75 Å². The highest BCUT2D eigenvalue weighted by Crippen LogP contribution is 2.22. The van der Waals surface area contributed by atoms with Crippen LogP contribution in [0.15, 0.2) is 18.2 Å². The summed E-state index contributed by atoms with van der Waals surface area (Å²) in [7, 11) is 0. The monoisotopic (exact) mass is 195 g/mol. The smallest absolute Gasteiger partial charge is 0.124 e. The summed E-state index contributed by atoms with van der Waals surface area (Å²) >= 11 is 0. The average molecular weight is 195 g/mol. The molecule has 78 valence electrons. The molecule has 0 fully saturated rings. The largest absolute Gasteiger partial charge is 0.494 e. The van der Waals surface area contributed by atoms with Crippen molar-refractivity contribution in [3.05, 3.63) is 23.8 Å². The van der Waals surface area contributed by atoms with Crippen molar-refractivity contribution in [3.63, 3.8) is 0 Å². The fraction of sp³-hybridized carbons (Fsp3) is 0.455. The van der Waals surface area contributed by atoms with Crippen molar-refractivity contribution in [2.45, 2.75) is 20.5 Å². The number of nitrogen functional groups attached to an aromatic ring is 1. The van der Waals surface area contributed by atoms with Crippen LogP contribution in [-0.4, -0.2) is 13.2 Å². The molecule has 1 aromatic carbocycles. The molecule has 0 amide bonds. The third kappa shape index (κ3) is 2.92. The first-order valence-electron chi connectivity index (χ1n) is 4.86. The van der Waals surface area contributed by atoms with Crippen LogP contribution in [0, 0.1) is 0 Å². The summed E-state index contributed by atoms with van der Waals surface area (Å²) in [6.07, 6.45) is 0. The van der Waals surface area contributed by atoms with Gasteiger partial charge in [0.05, 0.1) is 13.2 Å². The van der Waals surface area contributed by atoms with E-state index < -0.39 is 0 Å². The second-order valence-corrected chi connectivity index (χ2v) is 2.94. The van der Waals surface area contributed by atoms with Crippen LogP contribution in [-0.2, 0) is 11.3 Å². The molecule has 0 aliphatic carbocycles. The third-order valence-electron chi connectivity index (χ3n) is 1.85. The molecule has 0 aliphatic rings. The van der Waals surface area contributed by atoms with Crippen LogP contribution in [0.1, 0.15) is 19.4 Å². The Morgan fingerprint density at radius 2 is 2.00 bits per heavy atom. The fourth-order valence-electron chi connectivity index (χ4n) is 1.22. The molecule has 0 atom stereocenters. The Hall–Kier alpha value is -1.22. The average Bonchev–Trinajstić information content (AvgIpc) is 2.18. The van der Waals surface area contributed by atoms with Gasteiger partial charge in [-0.15, -0.1) is 0 Å². The first-order chi connectivity index (χ1) is 6.77. The molecule has 1 aromatic rings. The molecule has 0 heterocycles. The minimum absolute atomic E-state index is 0.552. The summed E-state index contributed by atoms with van der Waals surface area (Å²) in [6.45, 7) is 5.83. The Morgan fingerprint density at radius 1 is 1.21 bits per heavy atom. The molecule has 0 aliphatic heterocycles. The normalized spacial score (nSPS) is 10.1. The predicted octanol–water partition coefficient (Wildman–Crippen LogP) is 2.20. The number of ether oxygens (including phenoxy) is 2. The minimum atomic E-state index is 0.552. The van der Waals surface area contributed by atoms with E-state index in [0.717, 1.165) is 17.0 Å². The van der Waals surface area contributed by atoms with Crippen molar-refractivity contribution >= 4 is 5.69 Å². The van der Waals surface area contributed by atoms with Crippen LogP contribution in [0.25, 0.3) is 0 Å². The molecule has 3 nitrogen and oxygen atoms in total. The quantitative estimate of drug-likeness (QED) is 0.732. The molecule has 0 unspecified atom stereocenters. The van der Waals surface area contributed by atoms with Gasteiger partial charge in [-0.2, -0.15) is 0 Å². The first-order valence-corrected chi connectivity index (χ1v) is 4.86. The maximum atomic E-state index is 5.68. The van der Waals surface area contributed by atoms with Gasteiger partial charge in [0.1, 0.15) is 5.75 Å². The lowest BCUT2D eigenvalue weighted by Crippen LogP contribution is -2.00.